The maximum absolute atomic E-state index is 12.8. The van der Waals surface area contributed by atoms with E-state index in [4.69, 9.17) is 14.2 Å². The molecule has 366 valence electrons. The monoisotopic (exact) mass is 875 g/mol. The molecule has 0 aromatic rings. The molecule has 6 heteroatoms. The minimum absolute atomic E-state index is 0.0676. The summed E-state index contributed by atoms with van der Waals surface area (Å²) in [6.45, 7) is 6.67. The Labute approximate surface area is 386 Å². The molecule has 0 bridgehead atoms. The van der Waals surface area contributed by atoms with Crippen LogP contribution in [0.3, 0.4) is 0 Å². The van der Waals surface area contributed by atoms with Gasteiger partial charge in [-0.1, -0.05) is 258 Å². The maximum Gasteiger partial charge on any atom is 0.306 e. The van der Waals surface area contributed by atoms with Crippen LogP contribution in [0.1, 0.15) is 310 Å². The van der Waals surface area contributed by atoms with Crippen molar-refractivity contribution in [1.82, 2.24) is 0 Å². The third kappa shape index (κ3) is 49.2. The van der Waals surface area contributed by atoms with E-state index < -0.39 is 6.10 Å². The van der Waals surface area contributed by atoms with Crippen molar-refractivity contribution < 1.29 is 28.6 Å². The molecule has 62 heavy (non-hydrogen) atoms. The number of carbonyl (C=O) groups is 3. The predicted molar refractivity (Wildman–Crippen MR) is 266 cm³/mol. The van der Waals surface area contributed by atoms with Gasteiger partial charge in [0.05, 0.1) is 0 Å². The first-order valence-corrected chi connectivity index (χ1v) is 27.7. The largest absolute Gasteiger partial charge is 0.462 e. The summed E-state index contributed by atoms with van der Waals surface area (Å²) in [6, 6.07) is 0. The average Bonchev–Trinajstić information content (AvgIpc) is 3.27. The van der Waals surface area contributed by atoms with Gasteiger partial charge in [0.15, 0.2) is 6.10 Å². The van der Waals surface area contributed by atoms with Gasteiger partial charge in [-0.05, 0) is 44.9 Å². The number of ether oxygens (including phenoxy) is 3. The van der Waals surface area contributed by atoms with E-state index in [9.17, 15) is 14.4 Å². The topological polar surface area (TPSA) is 78.9 Å². The Morgan fingerprint density at radius 1 is 0.306 bits per heavy atom. The standard InChI is InChI=1S/C56H106O6/c1-4-7-10-13-16-19-22-25-28-29-32-34-37-40-43-46-49-55(58)61-52-53(62-56(59)50-47-44-41-38-35-31-27-24-21-18-15-12-9-6-3)51-60-54(57)48-45-42-39-36-33-30-26-23-20-17-14-11-8-5-2/h24,27,53H,4-23,25-26,28-52H2,1-3H3/b27-24-/t53-/m1/s1. The molecule has 6 nitrogen and oxygen atoms in total. The second-order valence-corrected chi connectivity index (χ2v) is 18.9. The van der Waals surface area contributed by atoms with Gasteiger partial charge in [-0.25, -0.2) is 0 Å². The first kappa shape index (κ1) is 60.2. The first-order chi connectivity index (χ1) is 30.5. The molecular formula is C56H106O6. The van der Waals surface area contributed by atoms with Crippen LogP contribution >= 0.6 is 0 Å². The number of unbranched alkanes of at least 4 members (excludes halogenated alkanes) is 38. The molecule has 0 rings (SSSR count). The Hall–Kier alpha value is -1.85. The number of hydrogen-bond acceptors (Lipinski definition) is 6. The van der Waals surface area contributed by atoms with E-state index in [1.807, 2.05) is 0 Å². The third-order valence-corrected chi connectivity index (χ3v) is 12.5. The number of hydrogen-bond donors (Lipinski definition) is 0. The van der Waals surface area contributed by atoms with Gasteiger partial charge in [0.2, 0.25) is 0 Å². The van der Waals surface area contributed by atoms with Crippen LogP contribution in [0.5, 0.6) is 0 Å². The average molecular weight is 875 g/mol. The van der Waals surface area contributed by atoms with E-state index >= 15 is 0 Å². The van der Waals surface area contributed by atoms with Crippen LogP contribution in [0.2, 0.25) is 0 Å². The van der Waals surface area contributed by atoms with Gasteiger partial charge in [0.1, 0.15) is 13.2 Å². The van der Waals surface area contributed by atoms with Crippen molar-refractivity contribution in [3.63, 3.8) is 0 Å². The van der Waals surface area contributed by atoms with E-state index in [0.717, 1.165) is 64.2 Å². The summed E-state index contributed by atoms with van der Waals surface area (Å²) in [5, 5.41) is 0. The molecule has 0 spiro atoms. The predicted octanol–water partition coefficient (Wildman–Crippen LogP) is 18.2. The zero-order valence-electron chi connectivity index (χ0n) is 41.9. The summed E-state index contributed by atoms with van der Waals surface area (Å²) >= 11 is 0. The summed E-state index contributed by atoms with van der Waals surface area (Å²) < 4.78 is 16.8. The molecule has 0 heterocycles. The number of rotatable bonds is 51. The molecule has 0 saturated carbocycles. The molecule has 1 atom stereocenters. The second-order valence-electron chi connectivity index (χ2n) is 18.9. The molecule has 0 N–H and O–H groups in total. The third-order valence-electron chi connectivity index (χ3n) is 12.5. The summed E-state index contributed by atoms with van der Waals surface area (Å²) in [5.74, 6) is -0.855. The van der Waals surface area contributed by atoms with Crippen molar-refractivity contribution in [1.29, 1.82) is 0 Å². The Morgan fingerprint density at radius 2 is 0.532 bits per heavy atom. The van der Waals surface area contributed by atoms with E-state index in [1.54, 1.807) is 0 Å². The van der Waals surface area contributed by atoms with Gasteiger partial charge >= 0.3 is 17.9 Å². The van der Waals surface area contributed by atoms with Gasteiger partial charge in [-0.15, -0.1) is 0 Å². The van der Waals surface area contributed by atoms with E-state index in [1.165, 1.54) is 205 Å². The van der Waals surface area contributed by atoms with Crippen LogP contribution in [0.15, 0.2) is 12.2 Å². The molecule has 0 fully saturated rings. The van der Waals surface area contributed by atoms with Gasteiger partial charge in [0.25, 0.3) is 0 Å². The molecule has 0 saturated heterocycles. The van der Waals surface area contributed by atoms with Gasteiger partial charge in [-0.3, -0.25) is 14.4 Å². The van der Waals surface area contributed by atoms with Crippen molar-refractivity contribution in [2.24, 2.45) is 0 Å². The Morgan fingerprint density at radius 3 is 0.806 bits per heavy atom. The van der Waals surface area contributed by atoms with Crippen molar-refractivity contribution in [3.8, 4) is 0 Å². The maximum atomic E-state index is 12.8. The molecule has 0 unspecified atom stereocenters. The van der Waals surface area contributed by atoms with Gasteiger partial charge in [-0.2, -0.15) is 0 Å². The highest BCUT2D eigenvalue weighted by Crippen LogP contribution is 2.17. The van der Waals surface area contributed by atoms with Crippen LogP contribution in [-0.4, -0.2) is 37.2 Å². The highest BCUT2D eigenvalue weighted by atomic mass is 16.6. The summed E-state index contributed by atoms with van der Waals surface area (Å²) in [7, 11) is 0. The highest BCUT2D eigenvalue weighted by Gasteiger charge is 2.19. The Kier molecular flexibility index (Phi) is 50.2. The SMILES string of the molecule is CCCCCCC/C=C\CCCCCCCC(=O)O[C@H](COC(=O)CCCCCCCCCCCCCCCC)COC(=O)CCCCCCCCCCCCCCCCCC. The zero-order chi connectivity index (χ0) is 45.1. The lowest BCUT2D eigenvalue weighted by Crippen LogP contribution is -2.30. The van der Waals surface area contributed by atoms with Crippen LogP contribution in [0.4, 0.5) is 0 Å². The normalized spacial score (nSPS) is 12.0. The lowest BCUT2D eigenvalue weighted by molar-refractivity contribution is -0.167. The molecule has 0 amide bonds. The molecule has 0 aromatic carbocycles. The minimum atomic E-state index is -0.768. The highest BCUT2D eigenvalue weighted by molar-refractivity contribution is 5.71. The van der Waals surface area contributed by atoms with Gasteiger partial charge < -0.3 is 14.2 Å². The van der Waals surface area contributed by atoms with Gasteiger partial charge in [0, 0.05) is 19.3 Å². The molecule has 0 aromatic heterocycles. The fraction of sp³-hybridized carbons (Fsp3) is 0.911. The van der Waals surface area contributed by atoms with Crippen LogP contribution in [0.25, 0.3) is 0 Å². The van der Waals surface area contributed by atoms with Crippen molar-refractivity contribution in [2.75, 3.05) is 13.2 Å². The van der Waals surface area contributed by atoms with Crippen molar-refractivity contribution >= 4 is 17.9 Å². The Balaban J connectivity index is 4.32. The second kappa shape index (κ2) is 51.8. The van der Waals surface area contributed by atoms with Crippen LogP contribution in [0, 0.1) is 0 Å². The number of esters is 3. The molecule has 0 aliphatic heterocycles. The Bertz CT molecular complexity index is 962. The fourth-order valence-electron chi connectivity index (χ4n) is 8.32. The lowest BCUT2D eigenvalue weighted by atomic mass is 10.0. The lowest BCUT2D eigenvalue weighted by Gasteiger charge is -2.18. The molecular weight excluding hydrogens is 769 g/mol. The van der Waals surface area contributed by atoms with Crippen LogP contribution in [-0.2, 0) is 28.6 Å². The summed E-state index contributed by atoms with van der Waals surface area (Å²) in [4.78, 5) is 38.0. The summed E-state index contributed by atoms with van der Waals surface area (Å²) in [6.07, 6.45) is 57.6. The van der Waals surface area contributed by atoms with Crippen molar-refractivity contribution in [2.45, 2.75) is 316 Å². The molecule has 0 aliphatic carbocycles. The zero-order valence-corrected chi connectivity index (χ0v) is 41.9. The summed E-state index contributed by atoms with van der Waals surface area (Å²) in [5.41, 5.74) is 0. The number of allylic oxidation sites excluding steroid dienone is 2. The van der Waals surface area contributed by atoms with E-state index in [0.29, 0.717) is 19.3 Å². The number of carbonyl (C=O) groups excluding carboxylic acids is 3. The fourth-order valence-corrected chi connectivity index (χ4v) is 8.32. The quantitative estimate of drug-likeness (QED) is 0.0262. The molecule has 0 radical (unpaired) electrons. The smallest absolute Gasteiger partial charge is 0.306 e. The van der Waals surface area contributed by atoms with Crippen LogP contribution < -0.4 is 0 Å². The minimum Gasteiger partial charge on any atom is -0.462 e. The molecule has 0 aliphatic rings. The first-order valence-electron chi connectivity index (χ1n) is 27.7. The van der Waals surface area contributed by atoms with E-state index in [-0.39, 0.29) is 31.1 Å². The van der Waals surface area contributed by atoms with Crippen molar-refractivity contribution in [3.05, 3.63) is 12.2 Å². The van der Waals surface area contributed by atoms with E-state index in [2.05, 4.69) is 32.9 Å².